The van der Waals surface area contributed by atoms with Crippen LogP contribution in [0.15, 0.2) is 40.2 Å². The van der Waals surface area contributed by atoms with Gasteiger partial charge >= 0.3 is 0 Å². The minimum absolute atomic E-state index is 0.107. The number of halogens is 1. The van der Waals surface area contributed by atoms with E-state index in [1.807, 2.05) is 29.2 Å². The fourth-order valence-corrected chi connectivity index (χ4v) is 3.77. The summed E-state index contributed by atoms with van der Waals surface area (Å²) < 4.78 is 0.980. The number of carbonyl (C=O) groups excluding carboxylic acids is 1. The highest BCUT2D eigenvalue weighted by molar-refractivity contribution is 9.11. The molecular weight excluding hydrogens is 352 g/mol. The monoisotopic (exact) mass is 366 g/mol. The number of phenols is 1. The number of nitrogens with zero attached hydrogens (tertiary/aromatic N) is 2. The van der Waals surface area contributed by atoms with Crippen LogP contribution in [0.3, 0.4) is 0 Å². The van der Waals surface area contributed by atoms with Crippen molar-refractivity contribution < 1.29 is 9.90 Å². The molecule has 0 spiro atoms. The van der Waals surface area contributed by atoms with E-state index in [4.69, 9.17) is 0 Å². The Kier molecular flexibility index (Phi) is 4.17. The number of anilines is 1. The molecule has 0 bridgehead atoms. The SMILES string of the molecule is O=C(c1ccc(Br)s1)N1CCN(c2ccc(O)cc2)CC1. The van der Waals surface area contributed by atoms with Crippen LogP contribution in [0.2, 0.25) is 0 Å². The normalized spacial score (nSPS) is 15.3. The van der Waals surface area contributed by atoms with Crippen LogP contribution in [0, 0.1) is 0 Å². The number of thiophene rings is 1. The summed E-state index contributed by atoms with van der Waals surface area (Å²) in [6, 6.07) is 11.0. The molecular formula is C15H15BrN2O2S. The molecule has 0 atom stereocenters. The van der Waals surface area contributed by atoms with E-state index >= 15 is 0 Å². The Balaban J connectivity index is 1.62. The molecule has 1 saturated heterocycles. The fraction of sp³-hybridized carbons (Fsp3) is 0.267. The van der Waals surface area contributed by atoms with E-state index in [1.54, 1.807) is 12.1 Å². The van der Waals surface area contributed by atoms with E-state index in [0.717, 1.165) is 40.5 Å². The third-order valence-electron chi connectivity index (χ3n) is 3.57. The molecule has 2 heterocycles. The molecule has 2 aromatic rings. The lowest BCUT2D eigenvalue weighted by molar-refractivity contribution is 0.0751. The maximum absolute atomic E-state index is 12.4. The van der Waals surface area contributed by atoms with Crippen molar-refractivity contribution in [2.24, 2.45) is 0 Å². The number of rotatable bonds is 2. The Morgan fingerprint density at radius 1 is 1.05 bits per heavy atom. The summed E-state index contributed by atoms with van der Waals surface area (Å²) in [5, 5.41) is 9.32. The van der Waals surface area contributed by atoms with Crippen molar-refractivity contribution in [2.45, 2.75) is 0 Å². The van der Waals surface area contributed by atoms with E-state index in [9.17, 15) is 9.90 Å². The first-order valence-corrected chi connectivity index (χ1v) is 8.33. The molecule has 1 N–H and O–H groups in total. The highest BCUT2D eigenvalue weighted by Crippen LogP contribution is 2.25. The molecule has 3 rings (SSSR count). The first kappa shape index (κ1) is 14.4. The second kappa shape index (κ2) is 6.07. The highest BCUT2D eigenvalue weighted by Gasteiger charge is 2.23. The van der Waals surface area contributed by atoms with Crippen LogP contribution < -0.4 is 4.90 Å². The number of phenolic OH excluding ortho intramolecular Hbond substituents is 1. The van der Waals surface area contributed by atoms with Gasteiger partial charge in [-0.15, -0.1) is 11.3 Å². The largest absolute Gasteiger partial charge is 0.508 e. The van der Waals surface area contributed by atoms with E-state index in [-0.39, 0.29) is 11.7 Å². The average molecular weight is 367 g/mol. The molecule has 1 aliphatic rings. The lowest BCUT2D eigenvalue weighted by Crippen LogP contribution is -2.48. The summed E-state index contributed by atoms with van der Waals surface area (Å²) in [6.45, 7) is 3.05. The summed E-state index contributed by atoms with van der Waals surface area (Å²) in [5.74, 6) is 0.381. The van der Waals surface area contributed by atoms with Crippen LogP contribution >= 0.6 is 27.3 Å². The maximum atomic E-state index is 12.4. The second-order valence-electron chi connectivity index (χ2n) is 4.90. The lowest BCUT2D eigenvalue weighted by Gasteiger charge is -2.36. The molecule has 21 heavy (non-hydrogen) atoms. The molecule has 1 aliphatic heterocycles. The Labute approximate surface area is 135 Å². The van der Waals surface area contributed by atoms with E-state index < -0.39 is 0 Å². The van der Waals surface area contributed by atoms with Crippen molar-refractivity contribution in [1.29, 1.82) is 0 Å². The molecule has 1 aromatic heterocycles. The first-order chi connectivity index (χ1) is 10.1. The minimum atomic E-state index is 0.107. The van der Waals surface area contributed by atoms with Gasteiger partial charge in [0.1, 0.15) is 5.75 Å². The number of carbonyl (C=O) groups is 1. The van der Waals surface area contributed by atoms with Gasteiger partial charge in [-0.25, -0.2) is 0 Å². The predicted octanol–water partition coefficient (Wildman–Crippen LogP) is 3.18. The molecule has 0 unspecified atom stereocenters. The number of hydrogen-bond acceptors (Lipinski definition) is 4. The number of benzene rings is 1. The van der Waals surface area contributed by atoms with Crippen molar-refractivity contribution in [3.63, 3.8) is 0 Å². The van der Waals surface area contributed by atoms with Gasteiger partial charge in [-0.05, 0) is 52.3 Å². The van der Waals surface area contributed by atoms with Crippen LogP contribution in [0.5, 0.6) is 5.75 Å². The summed E-state index contributed by atoms with van der Waals surface area (Å²) in [4.78, 5) is 17.3. The zero-order valence-electron chi connectivity index (χ0n) is 11.3. The van der Waals surface area contributed by atoms with Crippen molar-refractivity contribution in [3.05, 3.63) is 45.1 Å². The standard InChI is InChI=1S/C15H15BrN2O2S/c16-14-6-5-13(21-14)15(20)18-9-7-17(8-10-18)11-1-3-12(19)4-2-11/h1-6,19H,7-10H2. The van der Waals surface area contributed by atoms with Crippen molar-refractivity contribution in [1.82, 2.24) is 4.90 Å². The molecule has 4 nitrogen and oxygen atoms in total. The van der Waals surface area contributed by atoms with Gasteiger partial charge in [-0.1, -0.05) is 0 Å². The highest BCUT2D eigenvalue weighted by atomic mass is 79.9. The van der Waals surface area contributed by atoms with E-state index in [1.165, 1.54) is 11.3 Å². The van der Waals surface area contributed by atoms with Gasteiger partial charge in [-0.3, -0.25) is 4.79 Å². The van der Waals surface area contributed by atoms with Crippen LogP contribution in [0.25, 0.3) is 0 Å². The van der Waals surface area contributed by atoms with Crippen LogP contribution in [-0.2, 0) is 0 Å². The van der Waals surface area contributed by atoms with Crippen LogP contribution in [-0.4, -0.2) is 42.1 Å². The van der Waals surface area contributed by atoms with E-state index in [0.29, 0.717) is 0 Å². The summed E-state index contributed by atoms with van der Waals surface area (Å²) >= 11 is 4.86. The molecule has 6 heteroatoms. The summed E-state index contributed by atoms with van der Waals surface area (Å²) in [7, 11) is 0. The van der Waals surface area contributed by atoms with Gasteiger partial charge in [0, 0.05) is 31.9 Å². The molecule has 110 valence electrons. The third-order valence-corrected chi connectivity index (χ3v) is 5.18. The molecule has 0 radical (unpaired) electrons. The Morgan fingerprint density at radius 2 is 1.71 bits per heavy atom. The second-order valence-corrected chi connectivity index (χ2v) is 7.36. The number of piperazine rings is 1. The summed E-state index contributed by atoms with van der Waals surface area (Å²) in [6.07, 6.45) is 0. The van der Waals surface area contributed by atoms with Gasteiger partial charge in [0.05, 0.1) is 8.66 Å². The van der Waals surface area contributed by atoms with Crippen molar-refractivity contribution in [2.75, 3.05) is 31.1 Å². The number of aromatic hydroxyl groups is 1. The smallest absolute Gasteiger partial charge is 0.264 e. The van der Waals surface area contributed by atoms with E-state index in [2.05, 4.69) is 20.8 Å². The van der Waals surface area contributed by atoms with Gasteiger partial charge in [0.25, 0.3) is 5.91 Å². The zero-order valence-corrected chi connectivity index (χ0v) is 13.7. The number of hydrogen-bond donors (Lipinski definition) is 1. The first-order valence-electron chi connectivity index (χ1n) is 6.72. The van der Waals surface area contributed by atoms with Crippen molar-refractivity contribution in [3.8, 4) is 5.75 Å². The van der Waals surface area contributed by atoms with Crippen LogP contribution in [0.4, 0.5) is 5.69 Å². The van der Waals surface area contributed by atoms with Crippen molar-refractivity contribution >= 4 is 38.9 Å². The van der Waals surface area contributed by atoms with Gasteiger partial charge in [0.2, 0.25) is 0 Å². The Bertz CT molecular complexity index is 633. The average Bonchev–Trinajstić information content (AvgIpc) is 2.94. The quantitative estimate of drug-likeness (QED) is 0.887. The molecule has 1 aromatic carbocycles. The summed E-state index contributed by atoms with van der Waals surface area (Å²) in [5.41, 5.74) is 1.08. The van der Waals surface area contributed by atoms with Gasteiger partial charge in [-0.2, -0.15) is 0 Å². The third kappa shape index (κ3) is 3.22. The molecule has 1 fully saturated rings. The Morgan fingerprint density at radius 3 is 2.29 bits per heavy atom. The lowest BCUT2D eigenvalue weighted by atomic mass is 10.2. The van der Waals surface area contributed by atoms with Gasteiger partial charge < -0.3 is 14.9 Å². The number of amides is 1. The minimum Gasteiger partial charge on any atom is -0.508 e. The fourth-order valence-electron chi connectivity index (χ4n) is 2.42. The van der Waals surface area contributed by atoms with Crippen LogP contribution in [0.1, 0.15) is 9.67 Å². The predicted molar refractivity (Wildman–Crippen MR) is 88.2 cm³/mol. The van der Waals surface area contributed by atoms with Gasteiger partial charge in [0.15, 0.2) is 0 Å². The molecule has 0 aliphatic carbocycles. The molecule has 0 saturated carbocycles. The maximum Gasteiger partial charge on any atom is 0.264 e. The zero-order chi connectivity index (χ0) is 14.8. The molecule has 1 amide bonds. The topological polar surface area (TPSA) is 43.8 Å². The Hall–Kier alpha value is -1.53.